The van der Waals surface area contributed by atoms with Crippen molar-refractivity contribution in [2.75, 3.05) is 0 Å². The predicted octanol–water partition coefficient (Wildman–Crippen LogP) is 6.24. The van der Waals surface area contributed by atoms with Gasteiger partial charge in [0.15, 0.2) is 0 Å². The van der Waals surface area contributed by atoms with Crippen LogP contribution in [0.15, 0.2) is 83.3 Å². The number of H-pyrrole nitrogens is 1. The molecule has 5 aromatic rings. The molecular weight excluding hydrogens is 516 g/mol. The zero-order valence-electron chi connectivity index (χ0n) is 19.8. The molecule has 3 N–H and O–H groups in total. The molecule has 0 fully saturated rings. The molecule has 6 nitrogen and oxygen atoms in total. The van der Waals surface area contributed by atoms with E-state index in [1.807, 2.05) is 30.3 Å². The van der Waals surface area contributed by atoms with E-state index in [0.717, 1.165) is 38.8 Å². The lowest BCUT2D eigenvalue weighted by atomic mass is 10.0. The van der Waals surface area contributed by atoms with Crippen molar-refractivity contribution in [2.45, 2.75) is 26.2 Å². The number of pyridine rings is 1. The monoisotopic (exact) mass is 540 g/mol. The number of aryl methyl sites for hydroxylation is 2. The standard InChI is InChI=1S/C29H25BrN4O2/c1-18-13-15-25-22(17-18)20(28(32-25)26-16-14-19-7-2-5-11-24(19)31-26)9-6-12-27(35)33-34-29(36)21-8-3-4-10-23(21)30/h2-5,7-8,10-11,13-17,32H,6,9,12H2,1H3,(H,33,35)(H,34,36). The van der Waals surface area contributed by atoms with Gasteiger partial charge < -0.3 is 4.98 Å². The highest BCUT2D eigenvalue weighted by molar-refractivity contribution is 9.10. The van der Waals surface area contributed by atoms with Crippen LogP contribution in [-0.2, 0) is 11.2 Å². The van der Waals surface area contributed by atoms with Crippen LogP contribution in [0, 0.1) is 6.92 Å². The van der Waals surface area contributed by atoms with Crippen LogP contribution in [0.25, 0.3) is 33.2 Å². The molecule has 0 unspecified atom stereocenters. The Morgan fingerprint density at radius 2 is 1.75 bits per heavy atom. The Balaban J connectivity index is 1.31. The maximum atomic E-state index is 12.5. The van der Waals surface area contributed by atoms with E-state index in [0.29, 0.717) is 22.9 Å². The summed E-state index contributed by atoms with van der Waals surface area (Å²) in [4.78, 5) is 33.2. The van der Waals surface area contributed by atoms with Crippen LogP contribution in [0.1, 0.15) is 34.3 Å². The van der Waals surface area contributed by atoms with Crippen LogP contribution in [0.3, 0.4) is 0 Å². The Hall–Kier alpha value is -3.97. The largest absolute Gasteiger partial charge is 0.353 e. The van der Waals surface area contributed by atoms with Crippen molar-refractivity contribution < 1.29 is 9.59 Å². The Morgan fingerprint density at radius 3 is 2.61 bits per heavy atom. The van der Waals surface area contributed by atoms with E-state index in [-0.39, 0.29) is 18.2 Å². The van der Waals surface area contributed by atoms with Crippen molar-refractivity contribution in [3.8, 4) is 11.4 Å². The Bertz CT molecular complexity index is 1590. The number of aromatic nitrogens is 2. The molecule has 7 heteroatoms. The number of nitrogens with one attached hydrogen (secondary N) is 3. The second kappa shape index (κ2) is 10.3. The smallest absolute Gasteiger partial charge is 0.270 e. The van der Waals surface area contributed by atoms with Crippen molar-refractivity contribution in [1.82, 2.24) is 20.8 Å². The fourth-order valence-electron chi connectivity index (χ4n) is 4.37. The number of carbonyl (C=O) groups is 2. The Kier molecular flexibility index (Phi) is 6.82. The van der Waals surface area contributed by atoms with Crippen LogP contribution >= 0.6 is 15.9 Å². The summed E-state index contributed by atoms with van der Waals surface area (Å²) in [5, 5.41) is 2.23. The van der Waals surface area contributed by atoms with Gasteiger partial charge >= 0.3 is 0 Å². The number of fused-ring (bicyclic) bond motifs is 2. The molecule has 0 saturated heterocycles. The molecule has 0 radical (unpaired) electrons. The lowest BCUT2D eigenvalue weighted by molar-refractivity contribution is -0.121. The maximum Gasteiger partial charge on any atom is 0.270 e. The number of hydrogen-bond donors (Lipinski definition) is 3. The van der Waals surface area contributed by atoms with Crippen LogP contribution in [0.5, 0.6) is 0 Å². The molecule has 36 heavy (non-hydrogen) atoms. The first kappa shape index (κ1) is 23.8. The van der Waals surface area contributed by atoms with Gasteiger partial charge in [-0.25, -0.2) is 4.98 Å². The van der Waals surface area contributed by atoms with Gasteiger partial charge in [-0.05, 0) is 77.7 Å². The number of benzene rings is 3. The average Bonchev–Trinajstić information content (AvgIpc) is 3.25. The quantitative estimate of drug-likeness (QED) is 0.223. The number of hydrogen-bond acceptors (Lipinski definition) is 3. The maximum absolute atomic E-state index is 12.5. The third-order valence-electron chi connectivity index (χ3n) is 6.18. The number of para-hydroxylation sites is 1. The minimum absolute atomic E-state index is 0.239. The van der Waals surface area contributed by atoms with Gasteiger partial charge in [0.05, 0.1) is 22.5 Å². The van der Waals surface area contributed by atoms with Crippen molar-refractivity contribution >= 4 is 49.6 Å². The molecule has 0 aliphatic heterocycles. The fraction of sp³-hybridized carbons (Fsp3) is 0.138. The highest BCUT2D eigenvalue weighted by Crippen LogP contribution is 2.32. The van der Waals surface area contributed by atoms with Gasteiger partial charge in [-0.3, -0.25) is 20.4 Å². The van der Waals surface area contributed by atoms with Crippen LogP contribution in [0.2, 0.25) is 0 Å². The molecule has 3 aromatic carbocycles. The van der Waals surface area contributed by atoms with E-state index in [1.54, 1.807) is 18.2 Å². The molecular formula is C29H25BrN4O2. The number of amides is 2. The SMILES string of the molecule is Cc1ccc2[nH]c(-c3ccc4ccccc4n3)c(CCCC(=O)NNC(=O)c3ccccc3Br)c2c1. The van der Waals surface area contributed by atoms with Crippen molar-refractivity contribution in [3.05, 3.63) is 100 Å². The second-order valence-electron chi connectivity index (χ2n) is 8.75. The molecule has 0 aliphatic carbocycles. The summed E-state index contributed by atoms with van der Waals surface area (Å²) in [6.45, 7) is 2.07. The number of nitrogens with zero attached hydrogens (tertiary/aromatic N) is 1. The van der Waals surface area contributed by atoms with Crippen LogP contribution in [-0.4, -0.2) is 21.8 Å². The topological polar surface area (TPSA) is 86.9 Å². The number of halogens is 1. The first-order chi connectivity index (χ1) is 17.5. The minimum Gasteiger partial charge on any atom is -0.353 e. The summed E-state index contributed by atoms with van der Waals surface area (Å²) in [5.41, 5.74) is 11.6. The summed E-state index contributed by atoms with van der Waals surface area (Å²) in [6.07, 6.45) is 1.59. The first-order valence-corrected chi connectivity index (χ1v) is 12.6. The predicted molar refractivity (Wildman–Crippen MR) is 146 cm³/mol. The summed E-state index contributed by atoms with van der Waals surface area (Å²) >= 11 is 3.35. The lowest BCUT2D eigenvalue weighted by Gasteiger charge is -2.09. The zero-order valence-corrected chi connectivity index (χ0v) is 21.4. The molecule has 0 atom stereocenters. The number of carbonyl (C=O) groups excluding carboxylic acids is 2. The van der Waals surface area contributed by atoms with Crippen molar-refractivity contribution in [2.24, 2.45) is 0 Å². The van der Waals surface area contributed by atoms with E-state index in [2.05, 4.69) is 69.0 Å². The highest BCUT2D eigenvalue weighted by Gasteiger charge is 2.16. The second-order valence-corrected chi connectivity index (χ2v) is 9.61. The molecule has 5 rings (SSSR count). The summed E-state index contributed by atoms with van der Waals surface area (Å²) in [6, 6.07) is 25.6. The summed E-state index contributed by atoms with van der Waals surface area (Å²) < 4.78 is 0.668. The van der Waals surface area contributed by atoms with E-state index >= 15 is 0 Å². The Morgan fingerprint density at radius 1 is 0.944 bits per heavy atom. The van der Waals surface area contributed by atoms with Gasteiger partial charge in [0.1, 0.15) is 0 Å². The van der Waals surface area contributed by atoms with Gasteiger partial charge in [-0.2, -0.15) is 0 Å². The molecule has 180 valence electrons. The molecule has 0 bridgehead atoms. The van der Waals surface area contributed by atoms with E-state index in [4.69, 9.17) is 4.98 Å². The lowest BCUT2D eigenvalue weighted by Crippen LogP contribution is -2.41. The van der Waals surface area contributed by atoms with Gasteiger partial charge in [0.25, 0.3) is 5.91 Å². The van der Waals surface area contributed by atoms with Crippen molar-refractivity contribution in [3.63, 3.8) is 0 Å². The zero-order chi connectivity index (χ0) is 25.1. The third kappa shape index (κ3) is 5.02. The fourth-order valence-corrected chi connectivity index (χ4v) is 4.84. The van der Waals surface area contributed by atoms with E-state index < -0.39 is 0 Å². The Labute approximate surface area is 217 Å². The third-order valence-corrected chi connectivity index (χ3v) is 6.87. The van der Waals surface area contributed by atoms with Gasteiger partial charge in [0, 0.05) is 27.2 Å². The number of hydrazine groups is 1. The van der Waals surface area contributed by atoms with Crippen LogP contribution in [0.4, 0.5) is 0 Å². The van der Waals surface area contributed by atoms with Gasteiger partial charge in [-0.15, -0.1) is 0 Å². The number of rotatable bonds is 6. The molecule has 2 amide bonds. The summed E-state index contributed by atoms with van der Waals surface area (Å²) in [7, 11) is 0. The first-order valence-electron chi connectivity index (χ1n) is 11.8. The molecule has 0 spiro atoms. The van der Waals surface area contributed by atoms with E-state index in [9.17, 15) is 9.59 Å². The summed E-state index contributed by atoms with van der Waals surface area (Å²) in [5.74, 6) is -0.607. The average molecular weight is 541 g/mol. The normalized spacial score (nSPS) is 11.1. The van der Waals surface area contributed by atoms with Gasteiger partial charge in [0.2, 0.25) is 5.91 Å². The highest BCUT2D eigenvalue weighted by atomic mass is 79.9. The molecule has 0 saturated carbocycles. The van der Waals surface area contributed by atoms with Crippen molar-refractivity contribution in [1.29, 1.82) is 0 Å². The number of aromatic amines is 1. The molecule has 0 aliphatic rings. The van der Waals surface area contributed by atoms with Gasteiger partial charge in [-0.1, -0.05) is 48.0 Å². The van der Waals surface area contributed by atoms with E-state index in [1.165, 1.54) is 5.56 Å². The molecule has 2 aromatic heterocycles. The molecule has 2 heterocycles. The van der Waals surface area contributed by atoms with Crippen LogP contribution < -0.4 is 10.9 Å². The minimum atomic E-state index is -0.368.